The number of benzene rings is 2. The van der Waals surface area contributed by atoms with Crippen LogP contribution < -0.4 is 9.47 Å². The largest absolute Gasteiger partial charge is 0.497 e. The number of rotatable bonds is 10. The molecule has 0 radical (unpaired) electrons. The Morgan fingerprint density at radius 3 is 2.37 bits per heavy atom. The minimum atomic E-state index is -3.25. The third-order valence-corrected chi connectivity index (χ3v) is 8.95. The summed E-state index contributed by atoms with van der Waals surface area (Å²) in [5, 5.41) is 10.9. The van der Waals surface area contributed by atoms with E-state index in [4.69, 9.17) is 9.47 Å². The fraction of sp³-hybridized carbons (Fsp3) is 0.545. The molecule has 1 saturated heterocycles. The third kappa shape index (κ3) is 6.22. The van der Waals surface area contributed by atoms with Gasteiger partial charge < -0.3 is 24.4 Å². The van der Waals surface area contributed by atoms with Gasteiger partial charge in [-0.05, 0) is 105 Å². The van der Waals surface area contributed by atoms with Crippen LogP contribution in [0.4, 0.5) is 8.78 Å². The van der Waals surface area contributed by atoms with Gasteiger partial charge in [-0.2, -0.15) is 0 Å². The summed E-state index contributed by atoms with van der Waals surface area (Å²) in [6.07, 6.45) is 3.89. The molecular formula is C33H42F2N2O4. The van der Waals surface area contributed by atoms with Crippen LogP contribution in [0.1, 0.15) is 61.6 Å². The SMILES string of the molecule is COc1cccc([C@](O)(C(=O)N2CCC(CC3CC(Oc4ccc(C(=C5CC5)N(C)C)c(C)c4)C3)CC2)C(F)F)c1. The molecule has 1 aliphatic heterocycles. The van der Waals surface area contributed by atoms with Gasteiger partial charge in [-0.1, -0.05) is 12.1 Å². The van der Waals surface area contributed by atoms with Gasteiger partial charge in [0.05, 0.1) is 13.2 Å². The van der Waals surface area contributed by atoms with Crippen molar-refractivity contribution in [1.82, 2.24) is 9.80 Å². The summed E-state index contributed by atoms with van der Waals surface area (Å²) >= 11 is 0. The summed E-state index contributed by atoms with van der Waals surface area (Å²) in [6, 6.07) is 12.1. The van der Waals surface area contributed by atoms with E-state index in [9.17, 15) is 18.7 Å². The van der Waals surface area contributed by atoms with E-state index in [0.717, 1.165) is 37.9 Å². The molecule has 2 aromatic rings. The molecule has 6 nitrogen and oxygen atoms in total. The van der Waals surface area contributed by atoms with E-state index < -0.39 is 17.9 Å². The summed E-state index contributed by atoms with van der Waals surface area (Å²) in [7, 11) is 5.62. The Bertz CT molecular complexity index is 1280. The Kier molecular flexibility index (Phi) is 8.60. The lowest BCUT2D eigenvalue weighted by Gasteiger charge is -2.41. The van der Waals surface area contributed by atoms with Crippen molar-refractivity contribution in [1.29, 1.82) is 0 Å². The van der Waals surface area contributed by atoms with Crippen LogP contribution in [-0.2, 0) is 10.4 Å². The summed E-state index contributed by atoms with van der Waals surface area (Å²) < 4.78 is 39.6. The molecule has 1 amide bonds. The maximum Gasteiger partial charge on any atom is 0.280 e. The number of aryl methyl sites for hydroxylation is 1. The summed E-state index contributed by atoms with van der Waals surface area (Å²) in [5.74, 6) is 1.30. The molecule has 0 spiro atoms. The normalized spacial score (nSPS) is 22.1. The Balaban J connectivity index is 1.10. The quantitative estimate of drug-likeness (QED) is 0.381. The topological polar surface area (TPSA) is 62.2 Å². The molecule has 1 heterocycles. The molecule has 3 aliphatic rings. The zero-order valence-electron chi connectivity index (χ0n) is 24.5. The maximum atomic E-state index is 14.1. The molecule has 8 heteroatoms. The number of hydrogen-bond acceptors (Lipinski definition) is 5. The molecule has 5 rings (SSSR count). The fourth-order valence-corrected chi connectivity index (χ4v) is 6.46. The molecule has 0 aromatic heterocycles. The number of carbonyl (C=O) groups is 1. The molecule has 1 N–H and O–H groups in total. The number of likely N-dealkylation sites (tertiary alicyclic amines) is 1. The Morgan fingerprint density at radius 2 is 1.78 bits per heavy atom. The van der Waals surface area contributed by atoms with E-state index in [1.807, 2.05) is 0 Å². The lowest BCUT2D eigenvalue weighted by Crippen LogP contribution is -2.53. The van der Waals surface area contributed by atoms with Crippen molar-refractivity contribution in [3.63, 3.8) is 0 Å². The highest BCUT2D eigenvalue weighted by Gasteiger charge is 2.50. The summed E-state index contributed by atoms with van der Waals surface area (Å²) in [6.45, 7) is 2.88. The number of ether oxygens (including phenoxy) is 2. The lowest BCUT2D eigenvalue weighted by molar-refractivity contribution is -0.173. The molecule has 41 heavy (non-hydrogen) atoms. The minimum absolute atomic E-state index is 0.151. The first-order valence-electron chi connectivity index (χ1n) is 14.7. The number of piperidine rings is 1. The van der Waals surface area contributed by atoms with Crippen molar-refractivity contribution in [2.75, 3.05) is 34.3 Å². The fourth-order valence-electron chi connectivity index (χ4n) is 6.46. The van der Waals surface area contributed by atoms with E-state index in [1.54, 1.807) is 6.07 Å². The molecule has 2 saturated carbocycles. The van der Waals surface area contributed by atoms with Gasteiger partial charge in [-0.25, -0.2) is 8.78 Å². The first kappa shape index (κ1) is 29.4. The molecule has 0 unspecified atom stereocenters. The average Bonchev–Trinajstić information content (AvgIpc) is 3.77. The van der Waals surface area contributed by atoms with Gasteiger partial charge in [0.1, 0.15) is 11.5 Å². The van der Waals surface area contributed by atoms with Crippen molar-refractivity contribution >= 4 is 11.6 Å². The van der Waals surface area contributed by atoms with Gasteiger partial charge in [0, 0.05) is 44.0 Å². The van der Waals surface area contributed by atoms with Crippen LogP contribution in [0.5, 0.6) is 11.5 Å². The first-order chi connectivity index (χ1) is 19.6. The molecule has 2 aromatic carbocycles. The number of alkyl halides is 2. The predicted molar refractivity (Wildman–Crippen MR) is 155 cm³/mol. The molecular weight excluding hydrogens is 526 g/mol. The van der Waals surface area contributed by atoms with Gasteiger partial charge >= 0.3 is 0 Å². The van der Waals surface area contributed by atoms with Crippen LogP contribution in [0.25, 0.3) is 5.70 Å². The Labute approximate surface area is 241 Å². The van der Waals surface area contributed by atoms with Crippen molar-refractivity contribution in [2.45, 2.75) is 70.0 Å². The molecule has 222 valence electrons. The van der Waals surface area contributed by atoms with E-state index >= 15 is 0 Å². The van der Waals surface area contributed by atoms with Crippen LogP contribution in [0, 0.1) is 18.8 Å². The van der Waals surface area contributed by atoms with Crippen molar-refractivity contribution < 1.29 is 28.2 Å². The van der Waals surface area contributed by atoms with Gasteiger partial charge in [0.2, 0.25) is 5.60 Å². The highest BCUT2D eigenvalue weighted by Crippen LogP contribution is 2.41. The highest BCUT2D eigenvalue weighted by molar-refractivity contribution is 5.87. The smallest absolute Gasteiger partial charge is 0.280 e. The van der Waals surface area contributed by atoms with Crippen LogP contribution >= 0.6 is 0 Å². The third-order valence-electron chi connectivity index (χ3n) is 8.95. The monoisotopic (exact) mass is 568 g/mol. The number of halogens is 2. The van der Waals surface area contributed by atoms with E-state index in [-0.39, 0.29) is 11.7 Å². The number of nitrogens with zero attached hydrogens (tertiary/aromatic N) is 2. The number of aliphatic hydroxyl groups is 1. The number of amides is 1. The zero-order chi connectivity index (χ0) is 29.3. The van der Waals surface area contributed by atoms with Gasteiger partial charge in [-0.3, -0.25) is 4.79 Å². The van der Waals surface area contributed by atoms with Crippen LogP contribution in [0.15, 0.2) is 48.0 Å². The molecule has 0 bridgehead atoms. The molecule has 3 fully saturated rings. The minimum Gasteiger partial charge on any atom is -0.497 e. The zero-order valence-corrected chi connectivity index (χ0v) is 24.5. The second kappa shape index (κ2) is 12.0. The number of hydrogen-bond donors (Lipinski definition) is 1. The van der Waals surface area contributed by atoms with E-state index in [0.29, 0.717) is 30.7 Å². The van der Waals surface area contributed by atoms with Gasteiger partial charge in [0.15, 0.2) is 0 Å². The Morgan fingerprint density at radius 1 is 1.07 bits per heavy atom. The second-order valence-electron chi connectivity index (χ2n) is 12.2. The lowest BCUT2D eigenvalue weighted by atomic mass is 9.74. The first-order valence-corrected chi connectivity index (χ1v) is 14.7. The predicted octanol–water partition coefficient (Wildman–Crippen LogP) is 6.01. The van der Waals surface area contributed by atoms with Gasteiger partial charge in [-0.15, -0.1) is 0 Å². The van der Waals surface area contributed by atoms with Gasteiger partial charge in [0.25, 0.3) is 12.3 Å². The number of allylic oxidation sites excluding steroid dienone is 1. The second-order valence-corrected chi connectivity index (χ2v) is 12.2. The number of carbonyl (C=O) groups excluding carboxylic acids is 1. The van der Waals surface area contributed by atoms with Crippen LogP contribution in [0.3, 0.4) is 0 Å². The standard InChI is InChI=1S/C33H42F2N2O4/c1-21-16-27(10-11-29(21)30(36(2)3)24-8-9-24)41-28-18-23(19-28)17-22-12-14-37(15-13-22)32(38)33(39,31(34)35)25-6-5-7-26(20-25)40-4/h5-7,10-11,16,20,22-23,28,31,39H,8-9,12-15,17-19H2,1-4H3/t23?,28?,33-/m1/s1. The average molecular weight is 569 g/mol. The van der Waals surface area contributed by atoms with Crippen molar-refractivity contribution in [3.05, 3.63) is 64.7 Å². The van der Waals surface area contributed by atoms with Crippen molar-refractivity contribution in [2.24, 2.45) is 11.8 Å². The highest BCUT2D eigenvalue weighted by atomic mass is 19.3. The summed E-state index contributed by atoms with van der Waals surface area (Å²) in [4.78, 5) is 16.8. The van der Waals surface area contributed by atoms with Crippen LogP contribution in [-0.4, -0.2) is 67.6 Å². The number of methoxy groups -OCH3 is 1. The van der Waals surface area contributed by atoms with Crippen molar-refractivity contribution in [3.8, 4) is 11.5 Å². The van der Waals surface area contributed by atoms with E-state index in [1.165, 1.54) is 65.4 Å². The maximum absolute atomic E-state index is 14.1. The summed E-state index contributed by atoms with van der Waals surface area (Å²) in [5.41, 5.74) is 2.33. The molecule has 1 atom stereocenters. The van der Waals surface area contributed by atoms with E-state index in [2.05, 4.69) is 44.1 Å². The Hall–Kier alpha value is -3.13. The van der Waals surface area contributed by atoms with Crippen LogP contribution in [0.2, 0.25) is 0 Å². The molecule has 2 aliphatic carbocycles.